The summed E-state index contributed by atoms with van der Waals surface area (Å²) in [5.74, 6) is 1.13. The third-order valence-corrected chi connectivity index (χ3v) is 7.67. The van der Waals surface area contributed by atoms with Gasteiger partial charge in [0.1, 0.15) is 11.6 Å². The van der Waals surface area contributed by atoms with Crippen LogP contribution in [-0.2, 0) is 13.2 Å². The second-order valence-electron chi connectivity index (χ2n) is 9.50. The Kier molecular flexibility index (Phi) is 5.98. The first kappa shape index (κ1) is 24.0. The topological polar surface area (TPSA) is 90.8 Å². The van der Waals surface area contributed by atoms with Crippen molar-refractivity contribution in [1.82, 2.24) is 34.6 Å². The number of anilines is 3. The lowest BCUT2D eigenvalue weighted by atomic mass is 10.1. The van der Waals surface area contributed by atoms with E-state index in [9.17, 15) is 13.2 Å². The van der Waals surface area contributed by atoms with Crippen LogP contribution >= 0.6 is 11.8 Å². The molecule has 6 rings (SSSR count). The molecule has 0 bridgehead atoms. The number of alkyl halides is 3. The molecular weight excluding hydrogens is 503 g/mol. The fraction of sp³-hybridized carbons (Fsp3) is 0.417. The summed E-state index contributed by atoms with van der Waals surface area (Å²) >= 11 is 1.30. The van der Waals surface area contributed by atoms with Crippen molar-refractivity contribution in [2.24, 2.45) is 7.05 Å². The predicted octanol–water partition coefficient (Wildman–Crippen LogP) is 5.08. The van der Waals surface area contributed by atoms with Crippen LogP contribution < -0.4 is 10.2 Å². The lowest BCUT2D eigenvalue weighted by Gasteiger charge is -2.44. The highest BCUT2D eigenvalue weighted by molar-refractivity contribution is 7.99. The first-order chi connectivity index (χ1) is 17.7. The minimum absolute atomic E-state index is 0. The van der Waals surface area contributed by atoms with Gasteiger partial charge in [-0.1, -0.05) is 0 Å². The van der Waals surface area contributed by atoms with Crippen LogP contribution in [-0.4, -0.2) is 66.8 Å². The van der Waals surface area contributed by atoms with Gasteiger partial charge in [-0.15, -0.1) is 0 Å². The summed E-state index contributed by atoms with van der Waals surface area (Å²) in [5, 5.41) is 10.9. The number of imidazole rings is 1. The van der Waals surface area contributed by atoms with E-state index >= 15 is 0 Å². The maximum Gasteiger partial charge on any atom is 0.449 e. The van der Waals surface area contributed by atoms with Crippen molar-refractivity contribution in [2.75, 3.05) is 36.4 Å². The molecule has 5 heterocycles. The van der Waals surface area contributed by atoms with Crippen LogP contribution in [0.25, 0.3) is 11.0 Å². The van der Waals surface area contributed by atoms with E-state index in [0.29, 0.717) is 33.9 Å². The summed E-state index contributed by atoms with van der Waals surface area (Å²) in [6.45, 7) is 6.04. The zero-order valence-electron chi connectivity index (χ0n) is 20.4. The van der Waals surface area contributed by atoms with Crippen LogP contribution in [0.15, 0.2) is 40.4 Å². The molecule has 2 fully saturated rings. The van der Waals surface area contributed by atoms with Crippen molar-refractivity contribution in [3.8, 4) is 0 Å². The van der Waals surface area contributed by atoms with E-state index in [1.807, 2.05) is 19.1 Å². The van der Waals surface area contributed by atoms with E-state index in [-0.39, 0.29) is 2.85 Å². The normalized spacial score (nSPS) is 17.1. The second-order valence-corrected chi connectivity index (χ2v) is 10.5. The molecule has 0 atom stereocenters. The van der Waals surface area contributed by atoms with Crippen LogP contribution in [0.5, 0.6) is 0 Å². The highest BCUT2D eigenvalue weighted by atomic mass is 32.2. The smallest absolute Gasteiger partial charge is 0.353 e. The summed E-state index contributed by atoms with van der Waals surface area (Å²) in [6, 6.07) is 9.36. The highest BCUT2D eigenvalue weighted by Crippen LogP contribution is 2.35. The number of nitrogens with one attached hydrogen (secondary N) is 2. The molecule has 0 saturated carbocycles. The minimum Gasteiger partial charge on any atom is -0.353 e. The van der Waals surface area contributed by atoms with Crippen LogP contribution in [0.4, 0.5) is 30.6 Å². The number of likely N-dealkylation sites (tertiary alicyclic amines) is 1. The molecule has 0 aliphatic carbocycles. The Hall–Kier alpha value is -3.32. The van der Waals surface area contributed by atoms with Gasteiger partial charge in [-0.05, 0) is 62.8 Å². The van der Waals surface area contributed by atoms with Gasteiger partial charge >= 0.3 is 6.18 Å². The number of aryl methyl sites for hydroxylation is 2. The Morgan fingerprint density at radius 3 is 2.54 bits per heavy atom. The van der Waals surface area contributed by atoms with Gasteiger partial charge in [-0.2, -0.15) is 18.3 Å². The van der Waals surface area contributed by atoms with Gasteiger partial charge in [-0.25, -0.2) is 15.0 Å². The largest absolute Gasteiger partial charge is 0.449 e. The fourth-order valence-corrected chi connectivity index (χ4v) is 5.67. The molecule has 37 heavy (non-hydrogen) atoms. The molecule has 198 valence electrons. The van der Waals surface area contributed by atoms with Gasteiger partial charge in [0.2, 0.25) is 5.82 Å². The Morgan fingerprint density at radius 1 is 1.05 bits per heavy atom. The summed E-state index contributed by atoms with van der Waals surface area (Å²) < 4.78 is 41.0. The Labute approximate surface area is 218 Å². The van der Waals surface area contributed by atoms with Crippen molar-refractivity contribution in [2.45, 2.75) is 42.0 Å². The first-order valence-electron chi connectivity index (χ1n) is 12.1. The van der Waals surface area contributed by atoms with Gasteiger partial charge < -0.3 is 14.8 Å². The first-order valence-corrected chi connectivity index (χ1v) is 12.9. The lowest BCUT2D eigenvalue weighted by molar-refractivity contribution is -0.146. The molecule has 3 aromatic heterocycles. The predicted molar refractivity (Wildman–Crippen MR) is 140 cm³/mol. The van der Waals surface area contributed by atoms with Crippen molar-refractivity contribution >= 4 is 40.2 Å². The summed E-state index contributed by atoms with van der Waals surface area (Å²) in [5.41, 5.74) is 1.61. The number of aromatic nitrogens is 6. The van der Waals surface area contributed by atoms with Gasteiger partial charge in [-0.3, -0.25) is 10.00 Å². The zero-order chi connectivity index (χ0) is 25.7. The third kappa shape index (κ3) is 4.85. The number of H-pyrrole nitrogens is 1. The second kappa shape index (κ2) is 9.21. The van der Waals surface area contributed by atoms with Gasteiger partial charge in [0.05, 0.1) is 11.0 Å². The number of hydrogen-bond acceptors (Lipinski definition) is 8. The Bertz CT molecular complexity index is 1450. The third-order valence-electron chi connectivity index (χ3n) is 6.81. The minimum atomic E-state index is -4.52. The monoisotopic (exact) mass is 533 g/mol. The van der Waals surface area contributed by atoms with Crippen LogP contribution in [0.3, 0.4) is 0 Å². The van der Waals surface area contributed by atoms with Gasteiger partial charge in [0.25, 0.3) is 0 Å². The Balaban J connectivity index is 0.00000176. The van der Waals surface area contributed by atoms with Gasteiger partial charge in [0, 0.05) is 51.8 Å². The van der Waals surface area contributed by atoms with E-state index in [0.717, 1.165) is 47.2 Å². The van der Waals surface area contributed by atoms with Crippen molar-refractivity contribution < 1.29 is 16.0 Å². The van der Waals surface area contributed by atoms with E-state index in [2.05, 4.69) is 35.3 Å². The molecule has 9 nitrogen and oxygen atoms in total. The van der Waals surface area contributed by atoms with Crippen molar-refractivity contribution in [3.05, 3.63) is 41.9 Å². The number of halogens is 3. The number of rotatable bonds is 6. The maximum atomic E-state index is 13.3. The van der Waals surface area contributed by atoms with Crippen molar-refractivity contribution in [1.29, 1.82) is 0 Å². The standard InChI is InChI=1S/C24H26F3N9S.2H2/c1-14-9-20(33-32-14)29-19-11-21(36-12-15(13-36)35-7-3-4-8-35)31-23(30-19)37-16-5-6-17-18(10-16)34(2)22(28-17)24(25,26)27;;/h5-6,9-11,15H,3-4,7-8,12-13H2,1-2H3,(H2,29,30,31,32,33);2*1H. The lowest BCUT2D eigenvalue weighted by Crippen LogP contribution is -2.59. The van der Waals surface area contributed by atoms with E-state index in [1.165, 1.54) is 31.7 Å². The molecule has 0 amide bonds. The van der Waals surface area contributed by atoms with E-state index in [1.54, 1.807) is 18.2 Å². The molecule has 0 spiro atoms. The van der Waals surface area contributed by atoms with Crippen LogP contribution in [0.2, 0.25) is 0 Å². The van der Waals surface area contributed by atoms with Crippen molar-refractivity contribution in [3.63, 3.8) is 0 Å². The molecule has 2 aliphatic heterocycles. The Morgan fingerprint density at radius 2 is 1.84 bits per heavy atom. The molecule has 0 radical (unpaired) electrons. The van der Waals surface area contributed by atoms with Crippen LogP contribution in [0, 0.1) is 6.92 Å². The molecule has 2 N–H and O–H groups in total. The quantitative estimate of drug-likeness (QED) is 0.332. The molecule has 13 heteroatoms. The van der Waals surface area contributed by atoms with E-state index < -0.39 is 12.0 Å². The summed E-state index contributed by atoms with van der Waals surface area (Å²) in [6.07, 6.45) is -2.01. The molecule has 2 saturated heterocycles. The molecule has 1 aromatic carbocycles. The number of hydrogen-bond donors (Lipinski definition) is 2. The summed E-state index contributed by atoms with van der Waals surface area (Å²) in [4.78, 5) is 18.7. The zero-order valence-corrected chi connectivity index (χ0v) is 21.2. The SMILES string of the molecule is Cc1cc(Nc2cc(N3CC(N4CCCC4)C3)nc(Sc3ccc4nc(C(F)(F)F)n(C)c4c3)n2)n[nH]1.[HH].[HH]. The maximum absolute atomic E-state index is 13.3. The number of nitrogens with zero attached hydrogens (tertiary/aromatic N) is 7. The average molecular weight is 534 g/mol. The number of fused-ring (bicyclic) bond motifs is 1. The number of benzene rings is 1. The van der Waals surface area contributed by atoms with Gasteiger partial charge in [0.15, 0.2) is 11.0 Å². The molecule has 2 aliphatic rings. The molecule has 0 unspecified atom stereocenters. The van der Waals surface area contributed by atoms with Crippen LogP contribution in [0.1, 0.15) is 27.2 Å². The summed E-state index contributed by atoms with van der Waals surface area (Å²) in [7, 11) is 1.37. The average Bonchev–Trinajstić information content (AvgIpc) is 3.54. The molecular formula is C24H30F3N9S. The molecule has 4 aromatic rings. The highest BCUT2D eigenvalue weighted by Gasteiger charge is 2.37. The fourth-order valence-electron chi connectivity index (χ4n) is 4.87. The number of aromatic amines is 1. The van der Waals surface area contributed by atoms with E-state index in [4.69, 9.17) is 4.98 Å².